The Balaban J connectivity index is 1.99. The van der Waals surface area contributed by atoms with Gasteiger partial charge in [0.2, 0.25) is 0 Å². The normalized spacial score (nSPS) is 17.0. The smallest absolute Gasteiger partial charge is 0.323 e. The Morgan fingerprint density at radius 3 is 2.62 bits per heavy atom. The molecule has 0 bridgehead atoms. The molecule has 0 saturated heterocycles. The van der Waals surface area contributed by atoms with Crippen molar-refractivity contribution in [3.63, 3.8) is 0 Å². The highest BCUT2D eigenvalue weighted by atomic mass is 16.7. The van der Waals surface area contributed by atoms with Gasteiger partial charge < -0.3 is 18.9 Å². The second-order valence-electron chi connectivity index (χ2n) is 6.48. The van der Waals surface area contributed by atoms with Crippen LogP contribution in [-0.4, -0.2) is 50.2 Å². The minimum Gasteiger partial charge on any atom is -0.359 e. The number of ether oxygens (including phenoxy) is 2. The van der Waals surface area contributed by atoms with Crippen molar-refractivity contribution in [3.8, 4) is 0 Å². The molecule has 1 aromatic rings. The topological polar surface area (TPSA) is 76.8 Å². The van der Waals surface area contributed by atoms with Gasteiger partial charge in [0, 0.05) is 32.7 Å². The number of nitrogens with zero attached hydrogens (tertiary/aromatic N) is 2. The maximum absolute atomic E-state index is 12.2. The van der Waals surface area contributed by atoms with Gasteiger partial charge in [0.05, 0.1) is 6.54 Å². The zero-order chi connectivity index (χ0) is 17.6. The number of methoxy groups -OCH3 is 2. The fourth-order valence-electron chi connectivity index (χ4n) is 3.34. The Morgan fingerprint density at radius 2 is 2.04 bits per heavy atom. The van der Waals surface area contributed by atoms with Crippen LogP contribution in [0.3, 0.4) is 0 Å². The predicted molar refractivity (Wildman–Crippen MR) is 91.0 cm³/mol. The molecule has 1 heterocycles. The highest BCUT2D eigenvalue weighted by Crippen LogP contribution is 2.42. The van der Waals surface area contributed by atoms with E-state index in [9.17, 15) is 4.79 Å². The number of carbonyl (C=O) groups is 1. The van der Waals surface area contributed by atoms with Gasteiger partial charge in [-0.1, -0.05) is 31.3 Å². The Kier molecular flexibility index (Phi) is 6.62. The summed E-state index contributed by atoms with van der Waals surface area (Å²) in [6, 6.07) is 1.59. The Bertz CT molecular complexity index is 522. The lowest BCUT2D eigenvalue weighted by Crippen LogP contribution is -2.38. The van der Waals surface area contributed by atoms with Gasteiger partial charge in [-0.05, 0) is 19.3 Å². The molecule has 1 saturated carbocycles. The third-order valence-corrected chi connectivity index (χ3v) is 5.05. The van der Waals surface area contributed by atoms with Crippen LogP contribution in [0.5, 0.6) is 0 Å². The van der Waals surface area contributed by atoms with Crippen LogP contribution in [0.15, 0.2) is 10.6 Å². The van der Waals surface area contributed by atoms with E-state index in [0.29, 0.717) is 12.4 Å². The molecule has 1 aromatic heterocycles. The summed E-state index contributed by atoms with van der Waals surface area (Å²) in [5.74, 6) is 1.33. The fourth-order valence-corrected chi connectivity index (χ4v) is 3.34. The maximum Gasteiger partial charge on any atom is 0.323 e. The molecular formula is C17H29N3O4. The van der Waals surface area contributed by atoms with Crippen molar-refractivity contribution in [3.05, 3.63) is 11.8 Å². The predicted octanol–water partition coefficient (Wildman–Crippen LogP) is 3.37. The molecule has 0 radical (unpaired) electrons. The molecule has 1 aliphatic carbocycles. The SMILES string of the molecule is CCC1(c2cc(NC(=O)N(C)CC(OC)OC)no2)CCCCC1. The first-order valence-corrected chi connectivity index (χ1v) is 8.59. The largest absolute Gasteiger partial charge is 0.359 e. The van der Waals surface area contributed by atoms with Gasteiger partial charge in [-0.25, -0.2) is 4.79 Å². The third kappa shape index (κ3) is 4.27. The van der Waals surface area contributed by atoms with Crippen LogP contribution in [0.4, 0.5) is 10.6 Å². The molecule has 136 valence electrons. The molecule has 24 heavy (non-hydrogen) atoms. The van der Waals surface area contributed by atoms with E-state index in [2.05, 4.69) is 17.4 Å². The summed E-state index contributed by atoms with van der Waals surface area (Å²) < 4.78 is 15.8. The number of nitrogens with one attached hydrogen (secondary N) is 1. The van der Waals surface area contributed by atoms with Gasteiger partial charge in [-0.2, -0.15) is 0 Å². The minimum absolute atomic E-state index is 0.0668. The van der Waals surface area contributed by atoms with Gasteiger partial charge in [0.1, 0.15) is 5.76 Å². The first-order valence-electron chi connectivity index (χ1n) is 8.59. The summed E-state index contributed by atoms with van der Waals surface area (Å²) in [4.78, 5) is 13.7. The Labute approximate surface area is 143 Å². The maximum atomic E-state index is 12.2. The van der Waals surface area contributed by atoms with E-state index in [4.69, 9.17) is 14.0 Å². The van der Waals surface area contributed by atoms with Gasteiger partial charge in [0.15, 0.2) is 12.1 Å². The summed E-state index contributed by atoms with van der Waals surface area (Å²) in [7, 11) is 4.76. The second-order valence-corrected chi connectivity index (χ2v) is 6.48. The molecule has 1 fully saturated rings. The van der Waals surface area contributed by atoms with Crippen molar-refractivity contribution in [1.29, 1.82) is 0 Å². The molecule has 1 aliphatic rings. The number of carbonyl (C=O) groups excluding carboxylic acids is 1. The van der Waals surface area contributed by atoms with Crippen molar-refractivity contribution in [1.82, 2.24) is 10.1 Å². The molecule has 0 aromatic carbocycles. The Hall–Kier alpha value is -1.60. The number of likely N-dealkylation sites (N-methyl/N-ethyl adjacent to an activating group) is 1. The second kappa shape index (κ2) is 8.48. The van der Waals surface area contributed by atoms with Gasteiger partial charge in [-0.15, -0.1) is 0 Å². The van der Waals surface area contributed by atoms with Crippen LogP contribution in [0.25, 0.3) is 0 Å². The number of urea groups is 1. The van der Waals surface area contributed by atoms with E-state index in [1.165, 1.54) is 38.4 Å². The molecule has 2 rings (SSSR count). The van der Waals surface area contributed by atoms with E-state index in [0.717, 1.165) is 25.0 Å². The number of aromatic nitrogens is 1. The number of hydrogen-bond acceptors (Lipinski definition) is 5. The first-order chi connectivity index (χ1) is 11.5. The molecule has 0 atom stereocenters. The summed E-state index contributed by atoms with van der Waals surface area (Å²) in [6.07, 6.45) is 6.52. The van der Waals surface area contributed by atoms with Gasteiger partial charge in [0.25, 0.3) is 0 Å². The minimum atomic E-state index is -0.459. The number of amides is 2. The standard InChI is InChI=1S/C17H29N3O4/c1-5-17(9-7-6-8-10-17)13-11-14(19-24-13)18-16(21)20(2)12-15(22-3)23-4/h11,15H,5-10,12H2,1-4H3,(H,18,19,21). The number of anilines is 1. The fraction of sp³-hybridized carbons (Fsp3) is 0.765. The summed E-state index contributed by atoms with van der Waals surface area (Å²) in [5, 5.41) is 6.80. The van der Waals surface area contributed by atoms with Crippen LogP contribution in [-0.2, 0) is 14.9 Å². The highest BCUT2D eigenvalue weighted by molar-refractivity contribution is 5.88. The van der Waals surface area contributed by atoms with E-state index in [1.807, 2.05) is 6.07 Å². The lowest BCUT2D eigenvalue weighted by Gasteiger charge is -2.33. The number of rotatable bonds is 7. The van der Waals surface area contributed by atoms with Crippen LogP contribution >= 0.6 is 0 Å². The van der Waals surface area contributed by atoms with E-state index >= 15 is 0 Å². The monoisotopic (exact) mass is 339 g/mol. The van der Waals surface area contributed by atoms with Crippen LogP contribution < -0.4 is 5.32 Å². The molecule has 7 heteroatoms. The van der Waals surface area contributed by atoms with Crippen LogP contribution in [0, 0.1) is 0 Å². The summed E-state index contributed by atoms with van der Waals surface area (Å²) in [6.45, 7) is 2.51. The molecule has 0 aliphatic heterocycles. The van der Waals surface area contributed by atoms with Crippen molar-refractivity contribution in [2.75, 3.05) is 33.1 Å². The van der Waals surface area contributed by atoms with Crippen molar-refractivity contribution >= 4 is 11.8 Å². The van der Waals surface area contributed by atoms with Crippen molar-refractivity contribution in [2.24, 2.45) is 0 Å². The highest BCUT2D eigenvalue weighted by Gasteiger charge is 2.36. The molecule has 1 N–H and O–H groups in total. The van der Waals surface area contributed by atoms with Gasteiger partial charge >= 0.3 is 6.03 Å². The lowest BCUT2D eigenvalue weighted by atomic mass is 9.70. The van der Waals surface area contributed by atoms with Crippen molar-refractivity contribution < 1.29 is 18.8 Å². The average Bonchev–Trinajstić information content (AvgIpc) is 3.09. The first kappa shape index (κ1) is 18.7. The zero-order valence-corrected chi connectivity index (χ0v) is 15.1. The zero-order valence-electron chi connectivity index (χ0n) is 15.1. The lowest BCUT2D eigenvalue weighted by molar-refractivity contribution is -0.108. The molecule has 2 amide bonds. The quantitative estimate of drug-likeness (QED) is 0.771. The molecule has 0 spiro atoms. The molecule has 0 unspecified atom stereocenters. The van der Waals surface area contributed by atoms with Gasteiger partial charge in [-0.3, -0.25) is 5.32 Å². The average molecular weight is 339 g/mol. The molecule has 7 nitrogen and oxygen atoms in total. The van der Waals surface area contributed by atoms with Crippen LogP contribution in [0.2, 0.25) is 0 Å². The Morgan fingerprint density at radius 1 is 1.38 bits per heavy atom. The summed E-state index contributed by atoms with van der Waals surface area (Å²) in [5.41, 5.74) is 0.0668. The number of hydrogen-bond donors (Lipinski definition) is 1. The molecular weight excluding hydrogens is 310 g/mol. The van der Waals surface area contributed by atoms with Crippen molar-refractivity contribution in [2.45, 2.75) is 57.2 Å². The van der Waals surface area contributed by atoms with E-state index < -0.39 is 6.29 Å². The van der Waals surface area contributed by atoms with Crippen LogP contribution in [0.1, 0.15) is 51.2 Å². The summed E-state index contributed by atoms with van der Waals surface area (Å²) >= 11 is 0. The van der Waals surface area contributed by atoms with E-state index in [-0.39, 0.29) is 11.4 Å². The van der Waals surface area contributed by atoms with E-state index in [1.54, 1.807) is 7.05 Å². The third-order valence-electron chi connectivity index (χ3n) is 5.05.